The van der Waals surface area contributed by atoms with Crippen LogP contribution in [0.1, 0.15) is 31.0 Å². The number of hydrogen-bond acceptors (Lipinski definition) is 5. The van der Waals surface area contributed by atoms with Gasteiger partial charge in [0, 0.05) is 50.6 Å². The summed E-state index contributed by atoms with van der Waals surface area (Å²) in [7, 11) is 0. The summed E-state index contributed by atoms with van der Waals surface area (Å²) < 4.78 is 0. The normalized spacial score (nSPS) is 16.6. The summed E-state index contributed by atoms with van der Waals surface area (Å²) in [6.45, 7) is 8.35. The van der Waals surface area contributed by atoms with Crippen molar-refractivity contribution in [2.45, 2.75) is 39.3 Å². The van der Waals surface area contributed by atoms with Gasteiger partial charge in [0.25, 0.3) is 0 Å². The van der Waals surface area contributed by atoms with E-state index in [0.717, 1.165) is 44.8 Å². The van der Waals surface area contributed by atoms with E-state index in [1.165, 1.54) is 5.01 Å². The van der Waals surface area contributed by atoms with Crippen LogP contribution in [-0.2, 0) is 17.8 Å². The maximum Gasteiger partial charge on any atom is 0.224 e. The number of carbonyl (C=O) groups is 1. The molecule has 5 nitrogen and oxygen atoms in total. The molecule has 1 aromatic heterocycles. The lowest BCUT2D eigenvalue weighted by atomic mass is 10.2. The number of carbonyl (C=O) groups excluding carboxylic acids is 1. The van der Waals surface area contributed by atoms with Gasteiger partial charge in [0.05, 0.1) is 10.7 Å². The van der Waals surface area contributed by atoms with Crippen LogP contribution >= 0.6 is 36.2 Å². The highest BCUT2D eigenvalue weighted by Gasteiger charge is 2.21. The lowest BCUT2D eigenvalue weighted by Crippen LogP contribution is -2.49. The summed E-state index contributed by atoms with van der Waals surface area (Å²) in [4.78, 5) is 20.8. The molecule has 0 aromatic carbocycles. The van der Waals surface area contributed by atoms with Gasteiger partial charge < -0.3 is 10.6 Å². The maximum absolute atomic E-state index is 11.9. The molecule has 0 aliphatic carbocycles. The predicted octanol–water partition coefficient (Wildman–Crippen LogP) is 1.93. The summed E-state index contributed by atoms with van der Waals surface area (Å²) in [5, 5.41) is 3.35. The van der Waals surface area contributed by atoms with Gasteiger partial charge in [-0.25, -0.2) is 4.98 Å². The molecule has 2 heterocycles. The van der Waals surface area contributed by atoms with Crippen LogP contribution < -0.4 is 5.73 Å². The number of aromatic nitrogens is 1. The summed E-state index contributed by atoms with van der Waals surface area (Å²) >= 11 is 1.73. The van der Waals surface area contributed by atoms with E-state index in [-0.39, 0.29) is 36.8 Å². The minimum absolute atomic E-state index is 0. The van der Waals surface area contributed by atoms with Crippen molar-refractivity contribution in [3.05, 3.63) is 16.1 Å². The van der Waals surface area contributed by atoms with E-state index in [4.69, 9.17) is 5.73 Å². The number of rotatable bonds is 5. The van der Waals surface area contributed by atoms with Crippen molar-refractivity contribution >= 4 is 42.1 Å². The minimum Gasteiger partial charge on any atom is -0.340 e. The van der Waals surface area contributed by atoms with Crippen LogP contribution in [0.2, 0.25) is 0 Å². The Hall–Kier alpha value is -0.400. The van der Waals surface area contributed by atoms with E-state index >= 15 is 0 Å². The molecule has 1 unspecified atom stereocenters. The maximum atomic E-state index is 11.9. The average Bonchev–Trinajstić information content (AvgIpc) is 2.86. The first-order valence-electron chi connectivity index (χ1n) is 7.27. The second-order valence-corrected chi connectivity index (χ2v) is 6.37. The standard InChI is InChI=1S/C14H24N4OS.2ClH/c1-3-13-16-12(10-20-13)9-17-4-6-18(7-5-17)14(19)8-11(2)15;;/h10-11H,3-9,15H2,1-2H3;2*1H. The summed E-state index contributed by atoms with van der Waals surface area (Å²) in [5.41, 5.74) is 6.83. The zero-order chi connectivity index (χ0) is 14.5. The quantitative estimate of drug-likeness (QED) is 0.862. The third-order valence-electron chi connectivity index (χ3n) is 3.51. The summed E-state index contributed by atoms with van der Waals surface area (Å²) in [6, 6.07) is -0.0528. The highest BCUT2D eigenvalue weighted by molar-refractivity contribution is 7.09. The van der Waals surface area contributed by atoms with Crippen molar-refractivity contribution in [2.24, 2.45) is 5.73 Å². The Labute approximate surface area is 149 Å². The first-order chi connectivity index (χ1) is 9.58. The molecular weight excluding hydrogens is 343 g/mol. The fourth-order valence-corrected chi connectivity index (χ4v) is 3.11. The topological polar surface area (TPSA) is 62.5 Å². The zero-order valence-corrected chi connectivity index (χ0v) is 15.6. The van der Waals surface area contributed by atoms with Gasteiger partial charge in [-0.15, -0.1) is 36.2 Å². The number of thiazole rings is 1. The van der Waals surface area contributed by atoms with Crippen LogP contribution in [0.15, 0.2) is 5.38 Å². The molecule has 1 atom stereocenters. The van der Waals surface area contributed by atoms with Gasteiger partial charge in [-0.2, -0.15) is 0 Å². The van der Waals surface area contributed by atoms with E-state index in [9.17, 15) is 4.79 Å². The zero-order valence-electron chi connectivity index (χ0n) is 13.2. The molecule has 0 radical (unpaired) electrons. The lowest BCUT2D eigenvalue weighted by Gasteiger charge is -2.34. The fourth-order valence-electron chi connectivity index (χ4n) is 2.37. The first kappa shape index (κ1) is 21.6. The Morgan fingerprint density at radius 3 is 2.50 bits per heavy atom. The molecule has 1 saturated heterocycles. The molecule has 8 heteroatoms. The second kappa shape index (κ2) is 10.4. The van der Waals surface area contributed by atoms with Crippen LogP contribution in [0.25, 0.3) is 0 Å². The molecule has 2 rings (SSSR count). The third-order valence-corrected chi connectivity index (χ3v) is 4.55. The van der Waals surface area contributed by atoms with E-state index in [1.54, 1.807) is 11.3 Å². The monoisotopic (exact) mass is 368 g/mol. The SMILES string of the molecule is CCc1nc(CN2CCN(C(=O)CC(C)N)CC2)cs1.Cl.Cl. The Bertz CT molecular complexity index is 448. The van der Waals surface area contributed by atoms with Gasteiger partial charge in [-0.05, 0) is 13.3 Å². The molecule has 128 valence electrons. The van der Waals surface area contributed by atoms with Crippen LogP contribution in [0, 0.1) is 0 Å². The predicted molar refractivity (Wildman–Crippen MR) is 96.1 cm³/mol. The molecule has 1 fully saturated rings. The molecule has 22 heavy (non-hydrogen) atoms. The van der Waals surface area contributed by atoms with E-state index < -0.39 is 0 Å². The molecule has 0 spiro atoms. The van der Waals surface area contributed by atoms with Gasteiger partial charge in [0.2, 0.25) is 5.91 Å². The van der Waals surface area contributed by atoms with Gasteiger partial charge >= 0.3 is 0 Å². The van der Waals surface area contributed by atoms with Gasteiger partial charge in [-0.1, -0.05) is 6.92 Å². The van der Waals surface area contributed by atoms with E-state index in [1.807, 2.05) is 11.8 Å². The third kappa shape index (κ3) is 6.38. The number of piperazine rings is 1. The highest BCUT2D eigenvalue weighted by Crippen LogP contribution is 2.14. The van der Waals surface area contributed by atoms with Crippen LogP contribution in [0.5, 0.6) is 0 Å². The van der Waals surface area contributed by atoms with E-state index in [2.05, 4.69) is 22.2 Å². The van der Waals surface area contributed by atoms with Crippen molar-refractivity contribution in [3.8, 4) is 0 Å². The fraction of sp³-hybridized carbons (Fsp3) is 0.714. The molecule has 0 saturated carbocycles. The van der Waals surface area contributed by atoms with Gasteiger partial charge in [0.1, 0.15) is 0 Å². The van der Waals surface area contributed by atoms with Crippen molar-refractivity contribution < 1.29 is 4.79 Å². The lowest BCUT2D eigenvalue weighted by molar-refractivity contribution is -0.133. The first-order valence-corrected chi connectivity index (χ1v) is 8.15. The van der Waals surface area contributed by atoms with Crippen molar-refractivity contribution in [1.29, 1.82) is 0 Å². The Morgan fingerprint density at radius 1 is 1.36 bits per heavy atom. The number of aryl methyl sites for hydroxylation is 1. The number of nitrogens with zero attached hydrogens (tertiary/aromatic N) is 3. The van der Waals surface area contributed by atoms with Crippen molar-refractivity contribution in [1.82, 2.24) is 14.8 Å². The molecular formula is C14H26Cl2N4OS. The average molecular weight is 369 g/mol. The van der Waals surface area contributed by atoms with E-state index in [0.29, 0.717) is 6.42 Å². The molecule has 1 aromatic rings. The van der Waals surface area contributed by atoms with Crippen molar-refractivity contribution in [2.75, 3.05) is 26.2 Å². The Kier molecular flexibility index (Phi) is 10.2. The van der Waals surface area contributed by atoms with Crippen LogP contribution in [0.4, 0.5) is 0 Å². The number of hydrogen-bond donors (Lipinski definition) is 1. The second-order valence-electron chi connectivity index (χ2n) is 5.42. The molecule has 1 amide bonds. The smallest absolute Gasteiger partial charge is 0.224 e. The Morgan fingerprint density at radius 2 is 2.00 bits per heavy atom. The summed E-state index contributed by atoms with van der Waals surface area (Å²) in [5.74, 6) is 0.182. The number of nitrogens with two attached hydrogens (primary N) is 1. The minimum atomic E-state index is -0.0528. The van der Waals surface area contributed by atoms with Crippen LogP contribution in [-0.4, -0.2) is 52.9 Å². The molecule has 0 bridgehead atoms. The van der Waals surface area contributed by atoms with Crippen molar-refractivity contribution in [3.63, 3.8) is 0 Å². The van der Waals surface area contributed by atoms with Gasteiger partial charge in [0.15, 0.2) is 0 Å². The molecule has 2 N–H and O–H groups in total. The van der Waals surface area contributed by atoms with Crippen LogP contribution in [0.3, 0.4) is 0 Å². The number of amides is 1. The summed E-state index contributed by atoms with van der Waals surface area (Å²) in [6.07, 6.45) is 1.45. The molecule has 1 aliphatic heterocycles. The largest absolute Gasteiger partial charge is 0.340 e. The van der Waals surface area contributed by atoms with Gasteiger partial charge in [-0.3, -0.25) is 9.69 Å². The Balaban J connectivity index is 0.00000220. The molecule has 1 aliphatic rings. The number of halogens is 2. The highest BCUT2D eigenvalue weighted by atomic mass is 35.5.